The van der Waals surface area contributed by atoms with E-state index in [1.807, 2.05) is 18.2 Å². The van der Waals surface area contributed by atoms with Crippen LogP contribution in [0.3, 0.4) is 0 Å². The fourth-order valence-electron chi connectivity index (χ4n) is 1.75. The van der Waals surface area contributed by atoms with E-state index >= 15 is 0 Å². The number of allylic oxidation sites excluding steroid dienone is 1. The van der Waals surface area contributed by atoms with Gasteiger partial charge in [-0.25, -0.2) is 0 Å². The van der Waals surface area contributed by atoms with E-state index in [-0.39, 0.29) is 12.6 Å². The lowest BCUT2D eigenvalue weighted by molar-refractivity contribution is 0.103. The Bertz CT molecular complexity index is 598. The van der Waals surface area contributed by atoms with Crippen molar-refractivity contribution in [2.75, 3.05) is 6.79 Å². The zero-order valence-electron chi connectivity index (χ0n) is 9.28. The molecule has 3 rings (SSSR count). The second-order valence-electron chi connectivity index (χ2n) is 3.96. The van der Waals surface area contributed by atoms with E-state index in [2.05, 4.69) is 6.58 Å². The highest BCUT2D eigenvalue weighted by Gasteiger charge is 2.17. The Hall–Kier alpha value is -1.81. The molecule has 4 heteroatoms. The van der Waals surface area contributed by atoms with Crippen molar-refractivity contribution < 1.29 is 14.3 Å². The molecule has 0 radical (unpaired) electrons. The molecule has 86 valence electrons. The minimum absolute atomic E-state index is 0.00630. The van der Waals surface area contributed by atoms with Crippen LogP contribution in [0.15, 0.2) is 30.4 Å². The Balaban J connectivity index is 2.14. The number of fused-ring (bicyclic) bond motifs is 2. The van der Waals surface area contributed by atoms with Gasteiger partial charge in [0.25, 0.3) is 0 Å². The van der Waals surface area contributed by atoms with Gasteiger partial charge in [-0.1, -0.05) is 6.58 Å². The number of thiophene rings is 1. The number of hydrogen-bond donors (Lipinski definition) is 0. The number of Topliss-reactive ketones (excluding diaryl/α,β-unsaturated/α-hetero) is 1. The summed E-state index contributed by atoms with van der Waals surface area (Å²) in [6.07, 6.45) is 0. The molecule has 0 saturated carbocycles. The number of ketones is 1. The summed E-state index contributed by atoms with van der Waals surface area (Å²) in [5.41, 5.74) is 0.552. The van der Waals surface area contributed by atoms with Crippen molar-refractivity contribution in [1.82, 2.24) is 0 Å². The molecule has 0 saturated heterocycles. The van der Waals surface area contributed by atoms with Gasteiger partial charge in [0.1, 0.15) is 0 Å². The SMILES string of the molecule is C=C(C)C(=O)c1cc2cc3c(cc2s1)OCO3. The van der Waals surface area contributed by atoms with E-state index in [1.165, 1.54) is 11.3 Å². The van der Waals surface area contributed by atoms with Crippen molar-refractivity contribution in [3.8, 4) is 11.5 Å². The van der Waals surface area contributed by atoms with Crippen LogP contribution in [0.2, 0.25) is 0 Å². The molecule has 1 aromatic carbocycles. The van der Waals surface area contributed by atoms with Crippen molar-refractivity contribution in [3.05, 3.63) is 35.2 Å². The van der Waals surface area contributed by atoms with Crippen molar-refractivity contribution in [1.29, 1.82) is 0 Å². The lowest BCUT2D eigenvalue weighted by atomic mass is 10.1. The van der Waals surface area contributed by atoms with E-state index in [9.17, 15) is 4.79 Å². The zero-order chi connectivity index (χ0) is 12.0. The fraction of sp³-hybridized carbons (Fsp3) is 0.154. The number of hydrogen-bond acceptors (Lipinski definition) is 4. The van der Waals surface area contributed by atoms with Crippen LogP contribution in [0.4, 0.5) is 0 Å². The summed E-state index contributed by atoms with van der Waals surface area (Å²) in [6, 6.07) is 5.69. The Kier molecular flexibility index (Phi) is 2.19. The van der Waals surface area contributed by atoms with Crippen LogP contribution in [-0.2, 0) is 0 Å². The Morgan fingerprint density at radius 2 is 2.00 bits per heavy atom. The Labute approximate surface area is 102 Å². The normalized spacial score (nSPS) is 13.0. The van der Waals surface area contributed by atoms with Gasteiger partial charge in [0, 0.05) is 10.8 Å². The minimum atomic E-state index is -0.00630. The molecule has 0 bridgehead atoms. The predicted molar refractivity (Wildman–Crippen MR) is 67.1 cm³/mol. The van der Waals surface area contributed by atoms with Gasteiger partial charge in [-0.3, -0.25) is 4.79 Å². The van der Waals surface area contributed by atoms with Crippen molar-refractivity contribution in [3.63, 3.8) is 0 Å². The van der Waals surface area contributed by atoms with Gasteiger partial charge in [-0.05, 0) is 30.0 Å². The van der Waals surface area contributed by atoms with Crippen LogP contribution < -0.4 is 9.47 Å². The molecule has 0 N–H and O–H groups in total. The number of ether oxygens (including phenoxy) is 2. The Morgan fingerprint density at radius 1 is 1.29 bits per heavy atom. The van der Waals surface area contributed by atoms with E-state index in [0.29, 0.717) is 10.5 Å². The largest absolute Gasteiger partial charge is 0.454 e. The average Bonchev–Trinajstić information content (AvgIpc) is 2.88. The van der Waals surface area contributed by atoms with Gasteiger partial charge in [-0.15, -0.1) is 11.3 Å². The predicted octanol–water partition coefficient (Wildman–Crippen LogP) is 3.39. The molecule has 3 nitrogen and oxygen atoms in total. The summed E-state index contributed by atoms with van der Waals surface area (Å²) in [7, 11) is 0. The summed E-state index contributed by atoms with van der Waals surface area (Å²) in [6.45, 7) is 5.66. The van der Waals surface area contributed by atoms with E-state index in [0.717, 1.165) is 21.6 Å². The summed E-state index contributed by atoms with van der Waals surface area (Å²) >= 11 is 1.45. The molecule has 0 spiro atoms. The highest BCUT2D eigenvalue weighted by Crippen LogP contribution is 2.39. The lowest BCUT2D eigenvalue weighted by Gasteiger charge is -1.94. The molecule has 0 atom stereocenters. The first-order valence-corrected chi connectivity index (χ1v) is 6.00. The third-order valence-electron chi connectivity index (χ3n) is 2.62. The lowest BCUT2D eigenvalue weighted by Crippen LogP contribution is -1.94. The highest BCUT2D eigenvalue weighted by atomic mass is 32.1. The van der Waals surface area contributed by atoms with Gasteiger partial charge in [0.2, 0.25) is 6.79 Å². The van der Waals surface area contributed by atoms with Gasteiger partial charge < -0.3 is 9.47 Å². The maximum Gasteiger partial charge on any atom is 0.231 e. The minimum Gasteiger partial charge on any atom is -0.454 e. The van der Waals surface area contributed by atoms with Crippen LogP contribution in [0, 0.1) is 0 Å². The summed E-state index contributed by atoms with van der Waals surface area (Å²) in [5, 5.41) is 1.00. The van der Waals surface area contributed by atoms with Gasteiger partial charge >= 0.3 is 0 Å². The van der Waals surface area contributed by atoms with Crippen LogP contribution in [0.25, 0.3) is 10.1 Å². The Morgan fingerprint density at radius 3 is 2.71 bits per heavy atom. The average molecular weight is 246 g/mol. The van der Waals surface area contributed by atoms with E-state index < -0.39 is 0 Å². The maximum absolute atomic E-state index is 11.8. The molecular formula is C13H10O3S. The fourth-order valence-corrected chi connectivity index (χ4v) is 2.84. The molecule has 0 amide bonds. The monoisotopic (exact) mass is 246 g/mol. The van der Waals surface area contributed by atoms with Crippen LogP contribution in [-0.4, -0.2) is 12.6 Å². The van der Waals surface area contributed by atoms with Crippen LogP contribution in [0.5, 0.6) is 11.5 Å². The topological polar surface area (TPSA) is 35.5 Å². The smallest absolute Gasteiger partial charge is 0.231 e. The molecule has 17 heavy (non-hydrogen) atoms. The van der Waals surface area contributed by atoms with Gasteiger partial charge in [0.15, 0.2) is 17.3 Å². The first-order valence-electron chi connectivity index (χ1n) is 5.18. The second-order valence-corrected chi connectivity index (χ2v) is 5.05. The molecule has 2 heterocycles. The standard InChI is InChI=1S/C13H10O3S/c1-7(2)13(14)12-4-8-3-9-10(16-6-15-9)5-11(8)17-12/h3-5H,1,6H2,2H3. The van der Waals surface area contributed by atoms with Crippen molar-refractivity contribution in [2.24, 2.45) is 0 Å². The molecule has 1 aliphatic heterocycles. The molecule has 0 fully saturated rings. The van der Waals surface area contributed by atoms with E-state index in [4.69, 9.17) is 9.47 Å². The third-order valence-corrected chi connectivity index (χ3v) is 3.72. The maximum atomic E-state index is 11.8. The van der Waals surface area contributed by atoms with Gasteiger partial charge in [-0.2, -0.15) is 0 Å². The van der Waals surface area contributed by atoms with Crippen LogP contribution in [0.1, 0.15) is 16.6 Å². The molecule has 0 aliphatic carbocycles. The van der Waals surface area contributed by atoms with Crippen molar-refractivity contribution in [2.45, 2.75) is 6.92 Å². The molecule has 2 aromatic rings. The summed E-state index contributed by atoms with van der Waals surface area (Å²) in [5.74, 6) is 1.48. The first kappa shape index (κ1) is 10.4. The zero-order valence-corrected chi connectivity index (χ0v) is 10.1. The third kappa shape index (κ3) is 1.61. The summed E-state index contributed by atoms with van der Waals surface area (Å²) < 4.78 is 11.6. The van der Waals surface area contributed by atoms with Crippen molar-refractivity contribution >= 4 is 27.2 Å². The number of benzene rings is 1. The first-order chi connectivity index (χ1) is 8.15. The molecular weight excluding hydrogens is 236 g/mol. The number of carbonyl (C=O) groups excluding carboxylic acids is 1. The van der Waals surface area contributed by atoms with Crippen LogP contribution >= 0.6 is 11.3 Å². The molecule has 0 unspecified atom stereocenters. The molecule has 1 aliphatic rings. The van der Waals surface area contributed by atoms with Gasteiger partial charge in [0.05, 0.1) is 4.88 Å². The second kappa shape index (κ2) is 3.60. The number of carbonyl (C=O) groups is 1. The summed E-state index contributed by atoms with van der Waals surface area (Å²) in [4.78, 5) is 12.5. The molecule has 1 aromatic heterocycles. The number of rotatable bonds is 2. The highest BCUT2D eigenvalue weighted by molar-refractivity contribution is 7.21. The van der Waals surface area contributed by atoms with E-state index in [1.54, 1.807) is 6.92 Å². The quantitative estimate of drug-likeness (QED) is 0.602.